The molecular weight excluding hydrogens is 316 g/mol. The molecule has 0 saturated carbocycles. The molecule has 96 valence electrons. The predicted octanol–water partition coefficient (Wildman–Crippen LogP) is 4.52. The third-order valence-corrected chi connectivity index (χ3v) is 3.08. The van der Waals surface area contributed by atoms with Crippen LogP contribution in [0.3, 0.4) is 0 Å². The molecule has 0 fully saturated rings. The molecule has 0 N–H and O–H groups in total. The molecule has 0 aliphatic rings. The van der Waals surface area contributed by atoms with Crippen molar-refractivity contribution < 1.29 is 13.5 Å². The van der Waals surface area contributed by atoms with E-state index in [0.717, 1.165) is 0 Å². The quantitative estimate of drug-likeness (QED) is 0.778. The molecule has 2 aromatic rings. The second kappa shape index (κ2) is 5.81. The van der Waals surface area contributed by atoms with Gasteiger partial charge in [-0.1, -0.05) is 22.0 Å². The third-order valence-electron chi connectivity index (χ3n) is 2.47. The number of rotatable bonds is 3. The highest BCUT2D eigenvalue weighted by Crippen LogP contribution is 2.30. The van der Waals surface area contributed by atoms with Crippen LogP contribution in [-0.4, -0.2) is 0 Å². The fraction of sp³-hybridized carbons (Fsp3) is 0.0714. The number of benzene rings is 2. The SMILES string of the molecule is N#Cc1c(F)cccc1Oc1ccc(F)cc1CBr. The van der Waals surface area contributed by atoms with E-state index in [2.05, 4.69) is 15.9 Å². The van der Waals surface area contributed by atoms with Gasteiger partial charge in [0, 0.05) is 10.9 Å². The summed E-state index contributed by atoms with van der Waals surface area (Å²) < 4.78 is 32.0. The molecule has 0 bridgehead atoms. The Kier molecular flexibility index (Phi) is 4.13. The molecule has 0 aliphatic carbocycles. The van der Waals surface area contributed by atoms with Gasteiger partial charge in [-0.25, -0.2) is 8.78 Å². The molecule has 0 aromatic heterocycles. The smallest absolute Gasteiger partial charge is 0.148 e. The van der Waals surface area contributed by atoms with Gasteiger partial charge in [-0.3, -0.25) is 0 Å². The van der Waals surface area contributed by atoms with E-state index < -0.39 is 5.82 Å². The summed E-state index contributed by atoms with van der Waals surface area (Å²) in [6.45, 7) is 0. The average molecular weight is 324 g/mol. The van der Waals surface area contributed by atoms with Crippen LogP contribution in [0, 0.1) is 23.0 Å². The Hall–Kier alpha value is -1.93. The minimum atomic E-state index is -0.650. The van der Waals surface area contributed by atoms with Crippen LogP contribution in [0.25, 0.3) is 0 Å². The van der Waals surface area contributed by atoms with Crippen molar-refractivity contribution in [3.63, 3.8) is 0 Å². The number of alkyl halides is 1. The molecule has 0 aliphatic heterocycles. The molecule has 2 rings (SSSR count). The van der Waals surface area contributed by atoms with Gasteiger partial charge >= 0.3 is 0 Å². The van der Waals surface area contributed by atoms with E-state index in [1.165, 1.54) is 36.4 Å². The zero-order valence-electron chi connectivity index (χ0n) is 9.66. The van der Waals surface area contributed by atoms with Crippen LogP contribution in [0.4, 0.5) is 8.78 Å². The first-order chi connectivity index (χ1) is 9.15. The number of nitriles is 1. The molecule has 0 heterocycles. The lowest BCUT2D eigenvalue weighted by atomic mass is 10.2. The summed E-state index contributed by atoms with van der Waals surface area (Å²) in [7, 11) is 0. The Morgan fingerprint density at radius 2 is 1.95 bits per heavy atom. The monoisotopic (exact) mass is 323 g/mol. The van der Waals surface area contributed by atoms with Crippen LogP contribution in [0.1, 0.15) is 11.1 Å². The first kappa shape index (κ1) is 13.5. The van der Waals surface area contributed by atoms with Crippen LogP contribution in [0.15, 0.2) is 36.4 Å². The zero-order chi connectivity index (χ0) is 13.8. The lowest BCUT2D eigenvalue weighted by Gasteiger charge is -2.11. The molecule has 2 aromatic carbocycles. The highest BCUT2D eigenvalue weighted by molar-refractivity contribution is 9.08. The predicted molar refractivity (Wildman–Crippen MR) is 70.2 cm³/mol. The first-order valence-corrected chi connectivity index (χ1v) is 6.48. The van der Waals surface area contributed by atoms with Crippen molar-refractivity contribution in [3.8, 4) is 17.6 Å². The third kappa shape index (κ3) is 2.91. The summed E-state index contributed by atoms with van der Waals surface area (Å²) in [5.74, 6) is -0.555. The van der Waals surface area contributed by atoms with Gasteiger partial charge in [0.1, 0.15) is 34.8 Å². The largest absolute Gasteiger partial charge is 0.456 e. The van der Waals surface area contributed by atoms with Gasteiger partial charge in [0.25, 0.3) is 0 Å². The topological polar surface area (TPSA) is 33.0 Å². The zero-order valence-corrected chi connectivity index (χ0v) is 11.2. The molecule has 19 heavy (non-hydrogen) atoms. The number of hydrogen-bond acceptors (Lipinski definition) is 2. The molecule has 0 radical (unpaired) electrons. The summed E-state index contributed by atoms with van der Waals surface area (Å²) in [5.41, 5.74) is 0.403. The second-order valence-electron chi connectivity index (χ2n) is 3.71. The molecule has 0 atom stereocenters. The van der Waals surface area contributed by atoms with Gasteiger partial charge in [-0.2, -0.15) is 5.26 Å². The average Bonchev–Trinajstić information content (AvgIpc) is 2.41. The number of halogens is 3. The fourth-order valence-corrected chi connectivity index (χ4v) is 2.01. The summed E-state index contributed by atoms with van der Waals surface area (Å²) in [6, 6.07) is 9.87. The Balaban J connectivity index is 2.42. The van der Waals surface area contributed by atoms with Crippen molar-refractivity contribution in [2.75, 3.05) is 0 Å². The van der Waals surface area contributed by atoms with Crippen LogP contribution >= 0.6 is 15.9 Å². The van der Waals surface area contributed by atoms with Gasteiger partial charge in [-0.15, -0.1) is 0 Å². The summed E-state index contributed by atoms with van der Waals surface area (Å²) in [5, 5.41) is 9.29. The minimum absolute atomic E-state index is 0.108. The van der Waals surface area contributed by atoms with Gasteiger partial charge in [0.2, 0.25) is 0 Å². The maximum Gasteiger partial charge on any atom is 0.148 e. The van der Waals surface area contributed by atoms with Crippen molar-refractivity contribution in [2.45, 2.75) is 5.33 Å². The molecule has 5 heteroatoms. The van der Waals surface area contributed by atoms with Crippen molar-refractivity contribution in [2.24, 2.45) is 0 Å². The van der Waals surface area contributed by atoms with E-state index in [4.69, 9.17) is 10.00 Å². The summed E-state index contributed by atoms with van der Waals surface area (Å²) >= 11 is 3.22. The molecular formula is C14H8BrF2NO. The van der Waals surface area contributed by atoms with E-state index >= 15 is 0 Å². The van der Waals surface area contributed by atoms with Gasteiger partial charge in [0.05, 0.1) is 0 Å². The van der Waals surface area contributed by atoms with E-state index in [9.17, 15) is 8.78 Å². The highest BCUT2D eigenvalue weighted by Gasteiger charge is 2.12. The Labute approximate surface area is 117 Å². The highest BCUT2D eigenvalue weighted by atomic mass is 79.9. The second-order valence-corrected chi connectivity index (χ2v) is 4.27. The van der Waals surface area contributed by atoms with Crippen molar-refractivity contribution in [1.82, 2.24) is 0 Å². The Bertz CT molecular complexity index is 652. The molecule has 0 amide bonds. The van der Waals surface area contributed by atoms with E-state index in [0.29, 0.717) is 16.6 Å². The van der Waals surface area contributed by atoms with Gasteiger partial charge in [-0.05, 0) is 30.3 Å². The first-order valence-electron chi connectivity index (χ1n) is 5.36. The molecule has 0 spiro atoms. The van der Waals surface area contributed by atoms with Crippen molar-refractivity contribution in [3.05, 3.63) is 59.2 Å². The minimum Gasteiger partial charge on any atom is -0.456 e. The number of nitrogens with zero attached hydrogens (tertiary/aromatic N) is 1. The normalized spacial score (nSPS) is 10.0. The summed E-state index contributed by atoms with van der Waals surface area (Å²) in [4.78, 5) is 0. The Morgan fingerprint density at radius 3 is 2.63 bits per heavy atom. The molecule has 0 unspecified atom stereocenters. The number of hydrogen-bond donors (Lipinski definition) is 0. The summed E-state index contributed by atoms with van der Waals surface area (Å²) in [6.07, 6.45) is 0. The standard InChI is InChI=1S/C14H8BrF2NO/c15-7-9-6-10(16)4-5-13(9)19-14-3-1-2-12(17)11(14)8-18/h1-6H,7H2. The Morgan fingerprint density at radius 1 is 1.16 bits per heavy atom. The van der Waals surface area contributed by atoms with Gasteiger partial charge in [0.15, 0.2) is 0 Å². The van der Waals surface area contributed by atoms with Gasteiger partial charge < -0.3 is 4.74 Å². The van der Waals surface area contributed by atoms with E-state index in [-0.39, 0.29) is 17.1 Å². The van der Waals surface area contributed by atoms with Crippen LogP contribution < -0.4 is 4.74 Å². The maximum absolute atomic E-state index is 13.4. The maximum atomic E-state index is 13.4. The van der Waals surface area contributed by atoms with Crippen LogP contribution in [0.5, 0.6) is 11.5 Å². The number of ether oxygens (including phenoxy) is 1. The fourth-order valence-electron chi connectivity index (χ4n) is 1.57. The van der Waals surface area contributed by atoms with E-state index in [1.807, 2.05) is 0 Å². The van der Waals surface area contributed by atoms with E-state index in [1.54, 1.807) is 6.07 Å². The van der Waals surface area contributed by atoms with Crippen LogP contribution in [0.2, 0.25) is 0 Å². The van der Waals surface area contributed by atoms with Crippen molar-refractivity contribution in [1.29, 1.82) is 5.26 Å². The lowest BCUT2D eigenvalue weighted by Crippen LogP contribution is -1.94. The molecule has 0 saturated heterocycles. The molecule has 2 nitrogen and oxygen atoms in total. The van der Waals surface area contributed by atoms with Crippen LogP contribution in [-0.2, 0) is 5.33 Å². The lowest BCUT2D eigenvalue weighted by molar-refractivity contribution is 0.468. The van der Waals surface area contributed by atoms with Crippen molar-refractivity contribution >= 4 is 15.9 Å².